The predicted octanol–water partition coefficient (Wildman–Crippen LogP) is 2.94. The van der Waals surface area contributed by atoms with Gasteiger partial charge in [0.15, 0.2) is 0 Å². The average Bonchev–Trinajstić information content (AvgIpc) is 2.32. The standard InChI is InChI=1S/C14H21BrN2O2/c1-8(2)11(7-16)14(18)17-13-9(3)5-10(15)6-12(13)19-4/h5-6,8,11H,7,16H2,1-4H3,(H,17,18). The van der Waals surface area contributed by atoms with Crippen molar-refractivity contribution < 1.29 is 9.53 Å². The molecule has 106 valence electrons. The molecule has 1 amide bonds. The summed E-state index contributed by atoms with van der Waals surface area (Å²) in [4.78, 5) is 12.2. The van der Waals surface area contributed by atoms with Gasteiger partial charge in [-0.2, -0.15) is 0 Å². The van der Waals surface area contributed by atoms with Gasteiger partial charge in [0, 0.05) is 11.0 Å². The Morgan fingerprint density at radius 1 is 1.47 bits per heavy atom. The lowest BCUT2D eigenvalue weighted by molar-refractivity contribution is -0.120. The molecule has 1 aromatic rings. The quantitative estimate of drug-likeness (QED) is 0.873. The summed E-state index contributed by atoms with van der Waals surface area (Å²) >= 11 is 3.41. The number of nitrogens with two attached hydrogens (primary N) is 1. The van der Waals surface area contributed by atoms with E-state index in [1.807, 2.05) is 32.9 Å². The highest BCUT2D eigenvalue weighted by Gasteiger charge is 2.22. The maximum Gasteiger partial charge on any atom is 0.229 e. The number of anilines is 1. The van der Waals surface area contributed by atoms with Crippen molar-refractivity contribution in [1.82, 2.24) is 0 Å². The van der Waals surface area contributed by atoms with Crippen molar-refractivity contribution in [1.29, 1.82) is 0 Å². The Labute approximate surface area is 122 Å². The summed E-state index contributed by atoms with van der Waals surface area (Å²) in [6.07, 6.45) is 0. The lowest BCUT2D eigenvalue weighted by Gasteiger charge is -2.20. The van der Waals surface area contributed by atoms with Gasteiger partial charge in [-0.05, 0) is 30.5 Å². The minimum absolute atomic E-state index is 0.0683. The number of halogens is 1. The fourth-order valence-electron chi connectivity index (χ4n) is 1.93. The van der Waals surface area contributed by atoms with Crippen LogP contribution in [0.1, 0.15) is 19.4 Å². The zero-order chi connectivity index (χ0) is 14.6. The van der Waals surface area contributed by atoms with Crippen LogP contribution in [0.5, 0.6) is 5.75 Å². The van der Waals surface area contributed by atoms with Crippen LogP contribution in [0.25, 0.3) is 0 Å². The first-order valence-electron chi connectivity index (χ1n) is 6.25. The maximum atomic E-state index is 12.2. The van der Waals surface area contributed by atoms with E-state index in [0.29, 0.717) is 18.0 Å². The highest BCUT2D eigenvalue weighted by atomic mass is 79.9. The molecule has 3 N–H and O–H groups in total. The van der Waals surface area contributed by atoms with E-state index in [0.717, 1.165) is 10.0 Å². The second kappa shape index (κ2) is 6.91. The largest absolute Gasteiger partial charge is 0.495 e. The molecule has 0 saturated heterocycles. The second-order valence-electron chi connectivity index (χ2n) is 4.88. The van der Waals surface area contributed by atoms with Crippen molar-refractivity contribution in [3.63, 3.8) is 0 Å². The summed E-state index contributed by atoms with van der Waals surface area (Å²) in [6, 6.07) is 3.76. The van der Waals surface area contributed by atoms with Gasteiger partial charge in [-0.25, -0.2) is 0 Å². The first kappa shape index (κ1) is 16.0. The lowest BCUT2D eigenvalue weighted by atomic mass is 9.95. The van der Waals surface area contributed by atoms with Crippen LogP contribution in [0.3, 0.4) is 0 Å². The van der Waals surface area contributed by atoms with E-state index in [4.69, 9.17) is 10.5 Å². The number of hydrogen-bond acceptors (Lipinski definition) is 3. The molecule has 0 aliphatic rings. The Morgan fingerprint density at radius 3 is 2.58 bits per heavy atom. The molecule has 0 aliphatic heterocycles. The molecule has 0 radical (unpaired) electrons. The summed E-state index contributed by atoms with van der Waals surface area (Å²) in [6.45, 7) is 6.24. The van der Waals surface area contributed by atoms with E-state index >= 15 is 0 Å². The molecule has 0 saturated carbocycles. The molecule has 0 fully saturated rings. The molecule has 1 rings (SSSR count). The van der Waals surface area contributed by atoms with Crippen molar-refractivity contribution >= 4 is 27.5 Å². The number of carbonyl (C=O) groups is 1. The minimum atomic E-state index is -0.201. The van der Waals surface area contributed by atoms with Crippen LogP contribution in [0.4, 0.5) is 5.69 Å². The fraction of sp³-hybridized carbons (Fsp3) is 0.500. The van der Waals surface area contributed by atoms with Crippen molar-refractivity contribution in [2.75, 3.05) is 19.0 Å². The number of amides is 1. The van der Waals surface area contributed by atoms with E-state index in [1.165, 1.54) is 0 Å². The zero-order valence-corrected chi connectivity index (χ0v) is 13.4. The smallest absolute Gasteiger partial charge is 0.229 e. The van der Waals surface area contributed by atoms with E-state index in [9.17, 15) is 4.79 Å². The van der Waals surface area contributed by atoms with E-state index in [1.54, 1.807) is 7.11 Å². The lowest BCUT2D eigenvalue weighted by Crippen LogP contribution is -2.33. The summed E-state index contributed by atoms with van der Waals surface area (Å²) in [5.41, 5.74) is 7.31. The number of carbonyl (C=O) groups excluding carboxylic acids is 1. The van der Waals surface area contributed by atoms with Crippen LogP contribution in [0.15, 0.2) is 16.6 Å². The van der Waals surface area contributed by atoms with Gasteiger partial charge in [0.05, 0.1) is 18.7 Å². The molecule has 1 aromatic carbocycles. The Bertz CT molecular complexity index is 461. The Hall–Kier alpha value is -1.07. The molecule has 0 spiro atoms. The molecular formula is C14H21BrN2O2. The Balaban J connectivity index is 3.02. The van der Waals surface area contributed by atoms with Crippen LogP contribution in [0.2, 0.25) is 0 Å². The number of rotatable bonds is 5. The third-order valence-electron chi connectivity index (χ3n) is 3.13. The van der Waals surface area contributed by atoms with Gasteiger partial charge >= 0.3 is 0 Å². The first-order valence-corrected chi connectivity index (χ1v) is 7.05. The van der Waals surface area contributed by atoms with Crippen molar-refractivity contribution in [3.8, 4) is 5.75 Å². The van der Waals surface area contributed by atoms with Gasteiger partial charge in [-0.1, -0.05) is 29.8 Å². The number of nitrogens with one attached hydrogen (secondary N) is 1. The van der Waals surface area contributed by atoms with Crippen molar-refractivity contribution in [2.45, 2.75) is 20.8 Å². The van der Waals surface area contributed by atoms with Gasteiger partial charge in [-0.15, -0.1) is 0 Å². The predicted molar refractivity (Wildman–Crippen MR) is 81.4 cm³/mol. The van der Waals surface area contributed by atoms with Crippen LogP contribution >= 0.6 is 15.9 Å². The summed E-state index contributed by atoms with van der Waals surface area (Å²) in [5, 5.41) is 2.92. The molecule has 0 heterocycles. The third-order valence-corrected chi connectivity index (χ3v) is 3.59. The van der Waals surface area contributed by atoms with Crippen LogP contribution < -0.4 is 15.8 Å². The molecule has 0 aliphatic carbocycles. The number of benzene rings is 1. The third kappa shape index (κ3) is 3.94. The normalized spacial score (nSPS) is 12.4. The molecule has 5 heteroatoms. The molecule has 1 unspecified atom stereocenters. The van der Waals surface area contributed by atoms with Crippen molar-refractivity contribution in [3.05, 3.63) is 22.2 Å². The molecule has 1 atom stereocenters. The van der Waals surface area contributed by atoms with Crippen LogP contribution in [-0.2, 0) is 4.79 Å². The number of methoxy groups -OCH3 is 1. The zero-order valence-electron chi connectivity index (χ0n) is 11.8. The second-order valence-corrected chi connectivity index (χ2v) is 5.79. The number of aryl methyl sites for hydroxylation is 1. The van der Waals surface area contributed by atoms with E-state index < -0.39 is 0 Å². The first-order chi connectivity index (χ1) is 8.90. The summed E-state index contributed by atoms with van der Waals surface area (Å²) in [7, 11) is 1.58. The SMILES string of the molecule is COc1cc(Br)cc(C)c1NC(=O)C(CN)C(C)C. The van der Waals surface area contributed by atoms with Crippen molar-refractivity contribution in [2.24, 2.45) is 17.6 Å². The van der Waals surface area contributed by atoms with Gasteiger partial charge in [-0.3, -0.25) is 4.79 Å². The summed E-state index contributed by atoms with van der Waals surface area (Å²) < 4.78 is 6.22. The molecule has 19 heavy (non-hydrogen) atoms. The number of ether oxygens (including phenoxy) is 1. The van der Waals surface area contributed by atoms with Crippen LogP contribution in [-0.4, -0.2) is 19.6 Å². The van der Waals surface area contributed by atoms with Gasteiger partial charge in [0.1, 0.15) is 5.75 Å². The summed E-state index contributed by atoms with van der Waals surface area (Å²) in [5.74, 6) is 0.570. The molecule has 0 bridgehead atoms. The highest BCUT2D eigenvalue weighted by Crippen LogP contribution is 2.32. The Kier molecular flexibility index (Phi) is 5.82. The maximum absolute atomic E-state index is 12.2. The highest BCUT2D eigenvalue weighted by molar-refractivity contribution is 9.10. The van der Waals surface area contributed by atoms with E-state index in [2.05, 4.69) is 21.2 Å². The monoisotopic (exact) mass is 328 g/mol. The fourth-order valence-corrected chi connectivity index (χ4v) is 2.48. The van der Waals surface area contributed by atoms with E-state index in [-0.39, 0.29) is 17.7 Å². The molecule has 4 nitrogen and oxygen atoms in total. The molecular weight excluding hydrogens is 308 g/mol. The van der Waals surface area contributed by atoms with Gasteiger partial charge in [0.25, 0.3) is 0 Å². The molecule has 0 aromatic heterocycles. The van der Waals surface area contributed by atoms with Crippen LogP contribution in [0, 0.1) is 18.8 Å². The minimum Gasteiger partial charge on any atom is -0.495 e. The van der Waals surface area contributed by atoms with Gasteiger partial charge < -0.3 is 15.8 Å². The topological polar surface area (TPSA) is 64.3 Å². The van der Waals surface area contributed by atoms with Gasteiger partial charge in [0.2, 0.25) is 5.91 Å². The Morgan fingerprint density at radius 2 is 2.11 bits per heavy atom. The average molecular weight is 329 g/mol. The number of hydrogen-bond donors (Lipinski definition) is 2.